The fraction of sp³-hybridized carbons (Fsp3) is 0.0833. The van der Waals surface area contributed by atoms with Crippen molar-refractivity contribution < 1.29 is 0 Å². The maximum atomic E-state index is 3.91. The van der Waals surface area contributed by atoms with E-state index in [1.165, 1.54) is 4.88 Å². The van der Waals surface area contributed by atoms with Crippen LogP contribution < -0.4 is 5.32 Å². The summed E-state index contributed by atoms with van der Waals surface area (Å²) in [5.74, 6) is 0. The first kappa shape index (κ1) is 10.9. The monoisotopic (exact) mass is 257 g/mol. The van der Waals surface area contributed by atoms with Gasteiger partial charge in [0.1, 0.15) is 6.33 Å². The third kappa shape index (κ3) is 2.23. The van der Waals surface area contributed by atoms with Crippen LogP contribution in [0.3, 0.4) is 0 Å². The molecule has 0 radical (unpaired) electrons. The molecule has 5 nitrogen and oxygen atoms in total. The molecular weight excluding hydrogens is 246 g/mol. The van der Waals surface area contributed by atoms with Crippen LogP contribution in [0.5, 0.6) is 0 Å². The van der Waals surface area contributed by atoms with Crippen LogP contribution in [0.15, 0.2) is 48.1 Å². The van der Waals surface area contributed by atoms with Gasteiger partial charge in [0.25, 0.3) is 0 Å². The van der Waals surface area contributed by atoms with Crippen molar-refractivity contribution in [3.63, 3.8) is 0 Å². The number of hydrogen-bond acceptors (Lipinski definition) is 5. The highest BCUT2D eigenvalue weighted by molar-refractivity contribution is 7.09. The molecule has 0 saturated carbocycles. The lowest BCUT2D eigenvalue weighted by Gasteiger charge is -2.10. The summed E-state index contributed by atoms with van der Waals surface area (Å²) in [4.78, 5) is 1.29. The first-order chi connectivity index (χ1) is 8.93. The molecule has 0 fully saturated rings. The van der Waals surface area contributed by atoms with Gasteiger partial charge in [-0.2, -0.15) is 4.68 Å². The summed E-state index contributed by atoms with van der Waals surface area (Å²) >= 11 is 1.74. The van der Waals surface area contributed by atoms with Gasteiger partial charge in [-0.1, -0.05) is 18.2 Å². The Morgan fingerprint density at radius 3 is 2.89 bits per heavy atom. The molecule has 90 valence electrons. The molecular formula is C12H11N5S. The molecule has 1 aromatic carbocycles. The van der Waals surface area contributed by atoms with Gasteiger partial charge < -0.3 is 5.32 Å². The predicted molar refractivity (Wildman–Crippen MR) is 70.8 cm³/mol. The molecule has 0 aliphatic heterocycles. The Morgan fingerprint density at radius 1 is 1.17 bits per heavy atom. The van der Waals surface area contributed by atoms with E-state index in [0.29, 0.717) is 0 Å². The average molecular weight is 257 g/mol. The minimum Gasteiger partial charge on any atom is -0.378 e. The maximum absolute atomic E-state index is 3.91. The summed E-state index contributed by atoms with van der Waals surface area (Å²) in [5.41, 5.74) is 1.96. The first-order valence-corrected chi connectivity index (χ1v) is 6.40. The Labute approximate surface area is 108 Å². The van der Waals surface area contributed by atoms with Gasteiger partial charge in [0.2, 0.25) is 0 Å². The summed E-state index contributed by atoms with van der Waals surface area (Å²) in [6.45, 7) is 0.802. The second-order valence-corrected chi connectivity index (χ2v) is 4.74. The zero-order chi connectivity index (χ0) is 12.2. The van der Waals surface area contributed by atoms with Crippen molar-refractivity contribution in [1.82, 2.24) is 20.2 Å². The van der Waals surface area contributed by atoms with Gasteiger partial charge in [-0.15, -0.1) is 16.4 Å². The molecule has 0 spiro atoms. The van der Waals surface area contributed by atoms with Gasteiger partial charge in [0.15, 0.2) is 0 Å². The highest BCUT2D eigenvalue weighted by Crippen LogP contribution is 2.20. The number of benzene rings is 1. The third-order valence-electron chi connectivity index (χ3n) is 2.53. The standard InChI is InChI=1S/C12H11N5S/c1-2-6-12(17-9-14-15-16-17)11(5-1)13-8-10-4-3-7-18-10/h1-7,9,13H,8H2. The number of nitrogens with one attached hydrogen (secondary N) is 1. The number of tetrazole rings is 1. The summed E-state index contributed by atoms with van der Waals surface area (Å²) in [7, 11) is 0. The fourth-order valence-corrected chi connectivity index (χ4v) is 2.33. The Kier molecular flexibility index (Phi) is 3.01. The topological polar surface area (TPSA) is 55.6 Å². The number of thiophene rings is 1. The molecule has 0 aliphatic rings. The van der Waals surface area contributed by atoms with Crippen LogP contribution >= 0.6 is 11.3 Å². The largest absolute Gasteiger partial charge is 0.378 e. The van der Waals surface area contributed by atoms with E-state index in [1.54, 1.807) is 22.3 Å². The minimum absolute atomic E-state index is 0.802. The van der Waals surface area contributed by atoms with Crippen LogP contribution in [0, 0.1) is 0 Å². The van der Waals surface area contributed by atoms with Crippen LogP contribution in [0.1, 0.15) is 4.88 Å². The fourth-order valence-electron chi connectivity index (χ4n) is 1.69. The molecule has 2 aromatic heterocycles. The van der Waals surface area contributed by atoms with Crippen LogP contribution in [-0.4, -0.2) is 20.2 Å². The smallest absolute Gasteiger partial charge is 0.143 e. The molecule has 2 heterocycles. The maximum Gasteiger partial charge on any atom is 0.143 e. The van der Waals surface area contributed by atoms with Crippen molar-refractivity contribution >= 4 is 17.0 Å². The van der Waals surface area contributed by atoms with Gasteiger partial charge in [-0.25, -0.2) is 0 Å². The van der Waals surface area contributed by atoms with Gasteiger partial charge in [-0.3, -0.25) is 0 Å². The molecule has 1 N–H and O–H groups in total. The molecule has 0 bridgehead atoms. The van der Waals surface area contributed by atoms with E-state index >= 15 is 0 Å². The SMILES string of the molecule is c1csc(CNc2ccccc2-n2cnnn2)c1. The van der Waals surface area contributed by atoms with E-state index in [0.717, 1.165) is 17.9 Å². The number of hydrogen-bond donors (Lipinski definition) is 1. The van der Waals surface area contributed by atoms with E-state index in [-0.39, 0.29) is 0 Å². The Morgan fingerprint density at radius 2 is 2.11 bits per heavy atom. The average Bonchev–Trinajstić information content (AvgIpc) is 3.10. The van der Waals surface area contributed by atoms with Crippen LogP contribution in [-0.2, 0) is 6.54 Å². The summed E-state index contributed by atoms with van der Waals surface area (Å²) in [5, 5.41) is 16.7. The second kappa shape index (κ2) is 4.97. The highest BCUT2D eigenvalue weighted by atomic mass is 32.1. The number of rotatable bonds is 4. The van der Waals surface area contributed by atoms with Crippen molar-refractivity contribution in [2.45, 2.75) is 6.54 Å². The number of nitrogens with zero attached hydrogens (tertiary/aromatic N) is 4. The lowest BCUT2D eigenvalue weighted by Crippen LogP contribution is -2.04. The van der Waals surface area contributed by atoms with E-state index in [4.69, 9.17) is 0 Å². The van der Waals surface area contributed by atoms with E-state index < -0.39 is 0 Å². The van der Waals surface area contributed by atoms with Crippen molar-refractivity contribution in [3.05, 3.63) is 53.0 Å². The van der Waals surface area contributed by atoms with Gasteiger partial charge in [0, 0.05) is 11.4 Å². The zero-order valence-corrected chi connectivity index (χ0v) is 10.3. The minimum atomic E-state index is 0.802. The molecule has 0 atom stereocenters. The molecule has 0 aliphatic carbocycles. The Bertz CT molecular complexity index is 603. The van der Waals surface area contributed by atoms with E-state index in [1.807, 2.05) is 24.3 Å². The van der Waals surface area contributed by atoms with Gasteiger partial charge in [0.05, 0.1) is 11.4 Å². The van der Waals surface area contributed by atoms with Crippen LogP contribution in [0.4, 0.5) is 5.69 Å². The van der Waals surface area contributed by atoms with E-state index in [9.17, 15) is 0 Å². The summed E-state index contributed by atoms with van der Waals surface area (Å²) in [6, 6.07) is 12.1. The van der Waals surface area contributed by atoms with Crippen molar-refractivity contribution in [1.29, 1.82) is 0 Å². The summed E-state index contributed by atoms with van der Waals surface area (Å²) in [6.07, 6.45) is 1.59. The van der Waals surface area contributed by atoms with Crippen LogP contribution in [0.25, 0.3) is 5.69 Å². The van der Waals surface area contributed by atoms with Gasteiger partial charge in [-0.05, 0) is 34.0 Å². The quantitative estimate of drug-likeness (QED) is 0.779. The molecule has 0 saturated heterocycles. The highest BCUT2D eigenvalue weighted by Gasteiger charge is 2.04. The number of aromatic nitrogens is 4. The number of para-hydroxylation sites is 2. The normalized spacial score (nSPS) is 10.4. The molecule has 3 aromatic rings. The first-order valence-electron chi connectivity index (χ1n) is 5.52. The Hall–Kier alpha value is -2.21. The summed E-state index contributed by atoms with van der Waals surface area (Å²) < 4.78 is 1.65. The lowest BCUT2D eigenvalue weighted by molar-refractivity contribution is 0.789. The molecule has 0 amide bonds. The third-order valence-corrected chi connectivity index (χ3v) is 3.41. The lowest BCUT2D eigenvalue weighted by atomic mass is 10.2. The van der Waals surface area contributed by atoms with E-state index in [2.05, 4.69) is 38.4 Å². The Balaban J connectivity index is 1.84. The van der Waals surface area contributed by atoms with Crippen LogP contribution in [0.2, 0.25) is 0 Å². The molecule has 3 rings (SSSR count). The predicted octanol–water partition coefficient (Wildman–Crippen LogP) is 2.34. The van der Waals surface area contributed by atoms with Gasteiger partial charge >= 0.3 is 0 Å². The molecule has 6 heteroatoms. The number of anilines is 1. The molecule has 0 unspecified atom stereocenters. The zero-order valence-electron chi connectivity index (χ0n) is 9.52. The van der Waals surface area contributed by atoms with Crippen molar-refractivity contribution in [3.8, 4) is 5.69 Å². The van der Waals surface area contributed by atoms with Crippen molar-refractivity contribution in [2.24, 2.45) is 0 Å². The molecule has 18 heavy (non-hydrogen) atoms. The second-order valence-electron chi connectivity index (χ2n) is 3.70. The van der Waals surface area contributed by atoms with Crippen molar-refractivity contribution in [2.75, 3.05) is 5.32 Å².